The molecule has 3 nitrogen and oxygen atoms in total. The fourth-order valence-corrected chi connectivity index (χ4v) is 4.40. The third-order valence-corrected chi connectivity index (χ3v) is 6.31. The normalized spacial score (nSPS) is 18.3. The zero-order valence-electron chi connectivity index (χ0n) is 15.1. The minimum absolute atomic E-state index is 0.186. The summed E-state index contributed by atoms with van der Waals surface area (Å²) in [7, 11) is 0. The van der Waals surface area contributed by atoms with Crippen molar-refractivity contribution < 1.29 is 9.18 Å². The van der Waals surface area contributed by atoms with Gasteiger partial charge in [-0.05, 0) is 70.0 Å². The molecule has 5 heteroatoms. The lowest BCUT2D eigenvalue weighted by molar-refractivity contribution is 0.102. The van der Waals surface area contributed by atoms with Crippen LogP contribution in [0.3, 0.4) is 0 Å². The summed E-state index contributed by atoms with van der Waals surface area (Å²) in [4.78, 5) is 16.3. The number of benzene rings is 1. The van der Waals surface area contributed by atoms with Gasteiger partial charge in [-0.3, -0.25) is 9.69 Å². The number of thiophene rings is 1. The number of halogens is 1. The van der Waals surface area contributed by atoms with Crippen molar-refractivity contribution in [3.05, 3.63) is 51.7 Å². The van der Waals surface area contributed by atoms with E-state index in [1.165, 1.54) is 59.5 Å². The van der Waals surface area contributed by atoms with Crippen molar-refractivity contribution in [3.8, 4) is 0 Å². The Kier molecular flexibility index (Phi) is 5.54. The number of piperidine rings is 1. The Morgan fingerprint density at radius 2 is 2.00 bits per heavy atom. The van der Waals surface area contributed by atoms with Crippen molar-refractivity contribution >= 4 is 22.2 Å². The molecule has 1 fully saturated rings. The number of rotatable bonds is 4. The molecular formula is C20H25FN2OS. The maximum atomic E-state index is 13.1. The molecule has 0 bridgehead atoms. The van der Waals surface area contributed by atoms with Crippen LogP contribution in [0, 0.1) is 19.7 Å². The number of anilines is 1. The lowest BCUT2D eigenvalue weighted by atomic mass is 10.0. The molecule has 0 spiro atoms. The molecule has 1 aliphatic heterocycles. The van der Waals surface area contributed by atoms with Crippen molar-refractivity contribution in [1.29, 1.82) is 0 Å². The Hall–Kier alpha value is -1.72. The van der Waals surface area contributed by atoms with Gasteiger partial charge < -0.3 is 5.32 Å². The number of nitrogens with one attached hydrogen (secondary N) is 1. The van der Waals surface area contributed by atoms with Crippen molar-refractivity contribution in [2.75, 3.05) is 11.9 Å². The smallest absolute Gasteiger partial charge is 0.256 e. The number of carbonyl (C=O) groups is 1. The predicted molar refractivity (Wildman–Crippen MR) is 102 cm³/mol. The maximum absolute atomic E-state index is 13.1. The van der Waals surface area contributed by atoms with E-state index in [0.29, 0.717) is 11.6 Å². The molecule has 0 radical (unpaired) electrons. The molecule has 1 aromatic carbocycles. The molecule has 0 aliphatic carbocycles. The lowest BCUT2D eigenvalue weighted by Crippen LogP contribution is -2.37. The van der Waals surface area contributed by atoms with Crippen LogP contribution in [0.2, 0.25) is 0 Å². The van der Waals surface area contributed by atoms with Crippen molar-refractivity contribution in [2.45, 2.75) is 52.6 Å². The molecule has 3 rings (SSSR count). The maximum Gasteiger partial charge on any atom is 0.256 e. The van der Waals surface area contributed by atoms with Crippen molar-refractivity contribution in [1.82, 2.24) is 4.90 Å². The van der Waals surface area contributed by atoms with E-state index in [0.717, 1.165) is 18.1 Å². The largest absolute Gasteiger partial charge is 0.313 e. The number of likely N-dealkylation sites (tertiary alicyclic amines) is 1. The molecule has 1 aromatic heterocycles. The molecule has 134 valence electrons. The number of amides is 1. The average Bonchev–Trinajstić information content (AvgIpc) is 2.85. The van der Waals surface area contributed by atoms with E-state index < -0.39 is 0 Å². The molecule has 1 N–H and O–H groups in total. The van der Waals surface area contributed by atoms with E-state index in [-0.39, 0.29) is 11.7 Å². The first-order valence-corrected chi connectivity index (χ1v) is 9.67. The Labute approximate surface area is 152 Å². The summed E-state index contributed by atoms with van der Waals surface area (Å²) in [6.45, 7) is 8.49. The summed E-state index contributed by atoms with van der Waals surface area (Å²) in [5.41, 5.74) is 2.95. The molecule has 1 saturated heterocycles. The first-order valence-electron chi connectivity index (χ1n) is 8.85. The van der Waals surface area contributed by atoms with Gasteiger partial charge in [-0.25, -0.2) is 4.39 Å². The molecule has 2 heterocycles. The number of carbonyl (C=O) groups excluding carboxylic acids is 1. The Morgan fingerprint density at radius 3 is 2.68 bits per heavy atom. The standard InChI is InChI=1S/C20H25FN2OS/c1-13-6-4-5-11-23(13)12-18-14(2)15(3)25-20(18)22-19(24)16-7-9-17(21)10-8-16/h7-10,13H,4-6,11-12H2,1-3H3,(H,22,24)/t13-/m0/s1. The first kappa shape index (κ1) is 18.1. The van der Waals surface area contributed by atoms with Gasteiger partial charge in [0.1, 0.15) is 10.8 Å². The fraction of sp³-hybridized carbons (Fsp3) is 0.450. The van der Waals surface area contributed by atoms with Gasteiger partial charge in [-0.2, -0.15) is 0 Å². The minimum atomic E-state index is -0.334. The van der Waals surface area contributed by atoms with Crippen LogP contribution < -0.4 is 5.32 Å². The van der Waals surface area contributed by atoms with Crippen LogP contribution in [0.25, 0.3) is 0 Å². The zero-order chi connectivity index (χ0) is 18.0. The van der Waals surface area contributed by atoms with Crippen LogP contribution in [0.4, 0.5) is 9.39 Å². The van der Waals surface area contributed by atoms with Gasteiger partial charge in [0, 0.05) is 28.6 Å². The minimum Gasteiger partial charge on any atom is -0.313 e. The molecule has 1 aliphatic rings. The first-order chi connectivity index (χ1) is 12.0. The van der Waals surface area contributed by atoms with Gasteiger partial charge >= 0.3 is 0 Å². The van der Waals surface area contributed by atoms with E-state index in [9.17, 15) is 9.18 Å². The Balaban J connectivity index is 1.80. The third kappa shape index (κ3) is 4.10. The number of aryl methyl sites for hydroxylation is 1. The molecule has 0 unspecified atom stereocenters. The number of hydrogen-bond donors (Lipinski definition) is 1. The zero-order valence-corrected chi connectivity index (χ0v) is 15.9. The number of nitrogens with zero attached hydrogens (tertiary/aromatic N) is 1. The van der Waals surface area contributed by atoms with Crippen molar-refractivity contribution in [2.24, 2.45) is 0 Å². The van der Waals surface area contributed by atoms with Crippen molar-refractivity contribution in [3.63, 3.8) is 0 Å². The molecule has 1 atom stereocenters. The second kappa shape index (κ2) is 7.67. The SMILES string of the molecule is Cc1sc(NC(=O)c2ccc(F)cc2)c(CN2CCCC[C@@H]2C)c1C. The van der Waals surface area contributed by atoms with Gasteiger partial charge in [-0.15, -0.1) is 11.3 Å². The summed E-state index contributed by atoms with van der Waals surface area (Å²) < 4.78 is 13.1. The second-order valence-corrected chi connectivity index (χ2v) is 8.09. The van der Waals surface area contributed by atoms with Gasteiger partial charge in [0.2, 0.25) is 0 Å². The monoisotopic (exact) mass is 360 g/mol. The summed E-state index contributed by atoms with van der Waals surface area (Å²) in [5, 5.41) is 3.96. The highest BCUT2D eigenvalue weighted by molar-refractivity contribution is 7.16. The van der Waals surface area contributed by atoms with E-state index >= 15 is 0 Å². The van der Waals surface area contributed by atoms with E-state index in [1.54, 1.807) is 11.3 Å². The molecule has 1 amide bonds. The second-order valence-electron chi connectivity index (χ2n) is 6.87. The number of hydrogen-bond acceptors (Lipinski definition) is 3. The van der Waals surface area contributed by atoms with Crippen LogP contribution in [0.15, 0.2) is 24.3 Å². The van der Waals surface area contributed by atoms with Crippen LogP contribution in [0.1, 0.15) is 52.5 Å². The predicted octanol–water partition coefficient (Wildman–Crippen LogP) is 5.13. The van der Waals surface area contributed by atoms with Crippen LogP contribution in [0.5, 0.6) is 0 Å². The van der Waals surface area contributed by atoms with Crippen LogP contribution in [-0.4, -0.2) is 23.4 Å². The lowest BCUT2D eigenvalue weighted by Gasteiger charge is -2.33. The molecule has 25 heavy (non-hydrogen) atoms. The quantitative estimate of drug-likeness (QED) is 0.820. The van der Waals surface area contributed by atoms with E-state index in [1.807, 2.05) is 0 Å². The Morgan fingerprint density at radius 1 is 1.28 bits per heavy atom. The summed E-state index contributed by atoms with van der Waals surface area (Å²) >= 11 is 1.62. The molecular weight excluding hydrogens is 335 g/mol. The van der Waals surface area contributed by atoms with Gasteiger partial charge in [0.25, 0.3) is 5.91 Å². The average molecular weight is 360 g/mol. The third-order valence-electron chi connectivity index (χ3n) is 5.15. The van der Waals surface area contributed by atoms with Crippen LogP contribution in [-0.2, 0) is 6.54 Å². The summed E-state index contributed by atoms with van der Waals surface area (Å²) in [6.07, 6.45) is 3.77. The molecule has 2 aromatic rings. The highest BCUT2D eigenvalue weighted by Gasteiger charge is 2.23. The van der Waals surface area contributed by atoms with Gasteiger partial charge in [0.05, 0.1) is 0 Å². The highest BCUT2D eigenvalue weighted by Crippen LogP contribution is 2.35. The van der Waals surface area contributed by atoms with Crippen LogP contribution >= 0.6 is 11.3 Å². The van der Waals surface area contributed by atoms with E-state index in [2.05, 4.69) is 31.0 Å². The molecule has 0 saturated carbocycles. The van der Waals surface area contributed by atoms with Gasteiger partial charge in [0.15, 0.2) is 0 Å². The Bertz CT molecular complexity index is 754. The topological polar surface area (TPSA) is 32.3 Å². The van der Waals surface area contributed by atoms with Gasteiger partial charge in [-0.1, -0.05) is 6.42 Å². The van der Waals surface area contributed by atoms with E-state index in [4.69, 9.17) is 0 Å². The highest BCUT2D eigenvalue weighted by atomic mass is 32.1. The summed E-state index contributed by atoms with van der Waals surface area (Å²) in [5.74, 6) is -0.520. The summed E-state index contributed by atoms with van der Waals surface area (Å²) in [6, 6.07) is 6.25. The fourth-order valence-electron chi connectivity index (χ4n) is 3.34.